The number of carbonyl (C=O) groups excluding carboxylic acids is 1. The van der Waals surface area contributed by atoms with Crippen LogP contribution in [-0.2, 0) is 11.3 Å². The number of hydrogen-bond donors (Lipinski definition) is 1. The number of nitrogens with one attached hydrogen (secondary N) is 1. The normalized spacial score (nSPS) is 17.5. The van der Waals surface area contributed by atoms with Crippen LogP contribution in [0.15, 0.2) is 36.4 Å². The van der Waals surface area contributed by atoms with Gasteiger partial charge in [-0.15, -0.1) is 0 Å². The SMILES string of the molecule is O=C(Nc1cc(F)c(N2CCCC2)c(F)c1)c1cccc(CN2CCOCC2)c1. The van der Waals surface area contributed by atoms with E-state index in [1.807, 2.05) is 18.2 Å². The second-order valence-corrected chi connectivity index (χ2v) is 7.53. The molecule has 0 aromatic heterocycles. The number of amides is 1. The molecule has 7 heteroatoms. The van der Waals surface area contributed by atoms with Gasteiger partial charge >= 0.3 is 0 Å². The maximum absolute atomic E-state index is 14.5. The molecule has 29 heavy (non-hydrogen) atoms. The van der Waals surface area contributed by atoms with Crippen molar-refractivity contribution in [3.63, 3.8) is 0 Å². The van der Waals surface area contributed by atoms with E-state index in [-0.39, 0.29) is 17.3 Å². The van der Waals surface area contributed by atoms with Crippen LogP contribution in [0.5, 0.6) is 0 Å². The minimum absolute atomic E-state index is 0.00647. The molecule has 5 nitrogen and oxygen atoms in total. The fraction of sp³-hybridized carbons (Fsp3) is 0.409. The summed E-state index contributed by atoms with van der Waals surface area (Å²) >= 11 is 0. The van der Waals surface area contributed by atoms with Crippen molar-refractivity contribution < 1.29 is 18.3 Å². The fourth-order valence-corrected chi connectivity index (χ4v) is 3.91. The molecule has 0 atom stereocenters. The molecule has 2 heterocycles. The minimum Gasteiger partial charge on any atom is -0.379 e. The summed E-state index contributed by atoms with van der Waals surface area (Å²) in [5.41, 5.74) is 1.58. The average Bonchev–Trinajstić information content (AvgIpc) is 3.23. The van der Waals surface area contributed by atoms with Crippen molar-refractivity contribution in [2.45, 2.75) is 19.4 Å². The van der Waals surface area contributed by atoms with E-state index in [4.69, 9.17) is 4.74 Å². The van der Waals surface area contributed by atoms with Crippen LogP contribution >= 0.6 is 0 Å². The molecular weight excluding hydrogens is 376 g/mol. The summed E-state index contributed by atoms with van der Waals surface area (Å²) in [6.07, 6.45) is 1.86. The van der Waals surface area contributed by atoms with E-state index in [0.29, 0.717) is 31.9 Å². The molecule has 1 amide bonds. The van der Waals surface area contributed by atoms with Gasteiger partial charge < -0.3 is 15.0 Å². The molecular formula is C22H25F2N3O2. The van der Waals surface area contributed by atoms with Gasteiger partial charge in [0.2, 0.25) is 0 Å². The number of carbonyl (C=O) groups is 1. The lowest BCUT2D eigenvalue weighted by molar-refractivity contribution is 0.0342. The third-order valence-corrected chi connectivity index (χ3v) is 5.40. The highest BCUT2D eigenvalue weighted by molar-refractivity contribution is 6.04. The molecule has 2 aromatic carbocycles. The number of morpholine rings is 1. The Morgan fingerprint density at radius 1 is 1.00 bits per heavy atom. The van der Waals surface area contributed by atoms with Crippen LogP contribution in [-0.4, -0.2) is 50.2 Å². The maximum Gasteiger partial charge on any atom is 0.255 e. The monoisotopic (exact) mass is 401 g/mol. The van der Waals surface area contributed by atoms with E-state index in [1.54, 1.807) is 11.0 Å². The molecule has 4 rings (SSSR count). The van der Waals surface area contributed by atoms with E-state index < -0.39 is 11.6 Å². The lowest BCUT2D eigenvalue weighted by atomic mass is 10.1. The molecule has 2 aliphatic rings. The van der Waals surface area contributed by atoms with Gasteiger partial charge in [0.05, 0.1) is 13.2 Å². The number of anilines is 2. The van der Waals surface area contributed by atoms with Gasteiger partial charge in [-0.05, 0) is 42.7 Å². The summed E-state index contributed by atoms with van der Waals surface area (Å²) in [6.45, 7) is 5.18. The molecule has 0 saturated carbocycles. The smallest absolute Gasteiger partial charge is 0.255 e. The zero-order valence-corrected chi connectivity index (χ0v) is 16.3. The van der Waals surface area contributed by atoms with Crippen LogP contribution in [0, 0.1) is 11.6 Å². The highest BCUT2D eigenvalue weighted by Gasteiger charge is 2.21. The van der Waals surface area contributed by atoms with Gasteiger partial charge in [-0.25, -0.2) is 8.78 Å². The first-order valence-electron chi connectivity index (χ1n) is 10.0. The third-order valence-electron chi connectivity index (χ3n) is 5.40. The van der Waals surface area contributed by atoms with Crippen molar-refractivity contribution in [3.05, 3.63) is 59.2 Å². The van der Waals surface area contributed by atoms with E-state index in [9.17, 15) is 13.6 Å². The Morgan fingerprint density at radius 2 is 1.69 bits per heavy atom. The Labute approximate surface area is 169 Å². The second kappa shape index (κ2) is 8.88. The molecule has 1 N–H and O–H groups in total. The summed E-state index contributed by atoms with van der Waals surface area (Å²) in [5, 5.41) is 2.62. The van der Waals surface area contributed by atoms with Crippen LogP contribution in [0.25, 0.3) is 0 Å². The molecule has 2 aliphatic heterocycles. The summed E-state index contributed by atoms with van der Waals surface area (Å²) in [5.74, 6) is -1.69. The van der Waals surface area contributed by atoms with Gasteiger partial charge in [0, 0.05) is 44.0 Å². The number of hydrogen-bond acceptors (Lipinski definition) is 4. The standard InChI is InChI=1S/C22H25F2N3O2/c23-19-13-18(14-20(24)21(19)27-6-1-2-7-27)25-22(28)17-5-3-4-16(12-17)15-26-8-10-29-11-9-26/h3-5,12-14H,1-2,6-11,15H2,(H,25,28). The van der Waals surface area contributed by atoms with Crippen molar-refractivity contribution in [2.75, 3.05) is 49.6 Å². The molecule has 2 saturated heterocycles. The van der Waals surface area contributed by atoms with Crippen LogP contribution in [0.3, 0.4) is 0 Å². The van der Waals surface area contributed by atoms with E-state index >= 15 is 0 Å². The van der Waals surface area contributed by atoms with E-state index in [1.165, 1.54) is 12.1 Å². The van der Waals surface area contributed by atoms with Gasteiger partial charge in [0.1, 0.15) is 5.69 Å². The predicted molar refractivity (Wildman–Crippen MR) is 108 cm³/mol. The first-order valence-corrected chi connectivity index (χ1v) is 10.0. The lowest BCUT2D eigenvalue weighted by Crippen LogP contribution is -2.35. The summed E-state index contributed by atoms with van der Waals surface area (Å²) in [4.78, 5) is 16.6. The Morgan fingerprint density at radius 3 is 2.38 bits per heavy atom. The largest absolute Gasteiger partial charge is 0.379 e. The molecule has 0 aliphatic carbocycles. The third kappa shape index (κ3) is 4.74. The topological polar surface area (TPSA) is 44.8 Å². The van der Waals surface area contributed by atoms with Crippen LogP contribution in [0.2, 0.25) is 0 Å². The fourth-order valence-electron chi connectivity index (χ4n) is 3.91. The van der Waals surface area contributed by atoms with Crippen molar-refractivity contribution in [1.82, 2.24) is 4.90 Å². The van der Waals surface area contributed by atoms with Gasteiger partial charge in [0.15, 0.2) is 11.6 Å². The van der Waals surface area contributed by atoms with Crippen LogP contribution in [0.1, 0.15) is 28.8 Å². The minimum atomic E-state index is -0.650. The van der Waals surface area contributed by atoms with E-state index in [0.717, 1.165) is 38.0 Å². The number of halogens is 2. The van der Waals surface area contributed by atoms with Crippen molar-refractivity contribution in [3.8, 4) is 0 Å². The lowest BCUT2D eigenvalue weighted by Gasteiger charge is -2.26. The van der Waals surface area contributed by atoms with Gasteiger partial charge in [0.25, 0.3) is 5.91 Å². The molecule has 154 valence electrons. The maximum atomic E-state index is 14.5. The molecule has 0 bridgehead atoms. The first-order chi connectivity index (χ1) is 14.1. The Balaban J connectivity index is 1.45. The molecule has 0 radical (unpaired) electrons. The zero-order valence-electron chi connectivity index (χ0n) is 16.3. The van der Waals surface area contributed by atoms with Crippen molar-refractivity contribution in [2.24, 2.45) is 0 Å². The van der Waals surface area contributed by atoms with Gasteiger partial charge in [-0.2, -0.15) is 0 Å². The number of ether oxygens (including phenoxy) is 1. The number of nitrogens with zero attached hydrogens (tertiary/aromatic N) is 2. The molecule has 2 fully saturated rings. The van der Waals surface area contributed by atoms with Crippen LogP contribution < -0.4 is 10.2 Å². The van der Waals surface area contributed by atoms with Crippen molar-refractivity contribution >= 4 is 17.3 Å². The van der Waals surface area contributed by atoms with Gasteiger partial charge in [-0.1, -0.05) is 12.1 Å². The summed E-state index contributed by atoms with van der Waals surface area (Å²) < 4.78 is 34.3. The molecule has 0 spiro atoms. The molecule has 0 unspecified atom stereocenters. The Hall–Kier alpha value is -2.51. The Bertz CT molecular complexity index is 855. The summed E-state index contributed by atoms with van der Waals surface area (Å²) in [6, 6.07) is 9.68. The van der Waals surface area contributed by atoms with Crippen molar-refractivity contribution in [1.29, 1.82) is 0 Å². The van der Waals surface area contributed by atoms with E-state index in [2.05, 4.69) is 10.2 Å². The Kier molecular flexibility index (Phi) is 6.06. The average molecular weight is 401 g/mol. The molecule has 2 aromatic rings. The second-order valence-electron chi connectivity index (χ2n) is 7.53. The number of rotatable bonds is 5. The first kappa shape index (κ1) is 19.8. The highest BCUT2D eigenvalue weighted by Crippen LogP contribution is 2.30. The predicted octanol–water partition coefficient (Wildman–Crippen LogP) is 3.65. The number of benzene rings is 2. The zero-order chi connectivity index (χ0) is 20.2. The van der Waals surface area contributed by atoms with Crippen LogP contribution in [0.4, 0.5) is 20.2 Å². The van der Waals surface area contributed by atoms with Gasteiger partial charge in [-0.3, -0.25) is 9.69 Å². The summed E-state index contributed by atoms with van der Waals surface area (Å²) in [7, 11) is 0. The quantitative estimate of drug-likeness (QED) is 0.831. The highest BCUT2D eigenvalue weighted by atomic mass is 19.1.